The van der Waals surface area contributed by atoms with Gasteiger partial charge in [0.2, 0.25) is 11.8 Å². The number of aliphatic hydroxyl groups excluding tert-OH is 3. The minimum Gasteiger partial charge on any atom is -0.459 e. The number of ether oxygens (including phenoxy) is 7. The fourth-order valence-corrected chi connectivity index (χ4v) is 16.7. The smallest absolute Gasteiger partial charge is 0.311 e. The number of alkyl halides is 1. The van der Waals surface area contributed by atoms with Crippen LogP contribution in [0.4, 0.5) is 4.39 Å². The average molecular weight is 1190 g/mol. The number of fused-ring (bicyclic) bond motifs is 5. The van der Waals surface area contributed by atoms with Crippen molar-refractivity contribution in [2.45, 2.75) is 250 Å². The van der Waals surface area contributed by atoms with Gasteiger partial charge in [-0.2, -0.15) is 0 Å². The highest BCUT2D eigenvalue weighted by molar-refractivity contribution is 5.93. The summed E-state index contributed by atoms with van der Waals surface area (Å²) in [5, 5.41) is 69.3. The molecule has 4 aliphatic carbocycles. The third-order valence-electron chi connectivity index (χ3n) is 22.3. The highest BCUT2D eigenvalue weighted by atomic mass is 19.1. The van der Waals surface area contributed by atoms with Gasteiger partial charge in [0.05, 0.1) is 48.1 Å². The number of esters is 1. The van der Waals surface area contributed by atoms with Crippen molar-refractivity contribution in [2.75, 3.05) is 47.4 Å². The van der Waals surface area contributed by atoms with Crippen molar-refractivity contribution < 1.29 is 82.3 Å². The zero-order valence-electron chi connectivity index (χ0n) is 53.2. The Morgan fingerprint density at radius 2 is 1.57 bits per heavy atom. The minimum absolute atomic E-state index is 0.0405. The Balaban J connectivity index is 1.10. The van der Waals surface area contributed by atoms with Crippen molar-refractivity contribution in [1.29, 1.82) is 0 Å². The molecule has 0 radical (unpaired) electrons. The molecule has 2 amide bonds. The molecule has 7 rings (SSSR count). The second-order valence-electron chi connectivity index (χ2n) is 27.7. The van der Waals surface area contributed by atoms with E-state index < -0.39 is 142 Å². The lowest BCUT2D eigenvalue weighted by atomic mass is 9.46. The maximum Gasteiger partial charge on any atom is 0.311 e. The largest absolute Gasteiger partial charge is 0.459 e. The summed E-state index contributed by atoms with van der Waals surface area (Å²) in [7, 11) is 4.89. The predicted molar refractivity (Wildman–Crippen MR) is 310 cm³/mol. The number of nitrogens with one attached hydrogen (secondary N) is 3. The molecule has 3 aliphatic heterocycles. The summed E-state index contributed by atoms with van der Waals surface area (Å²) < 4.78 is 63.5. The Bertz CT molecular complexity index is 2420. The van der Waals surface area contributed by atoms with E-state index in [0.29, 0.717) is 31.4 Å². The number of carbonyl (C=O) groups is 4. The number of amides is 2. The molecular weight excluding hydrogens is 1090 g/mol. The molecule has 7 aliphatic rings. The highest BCUT2D eigenvalue weighted by Gasteiger charge is 2.71. The van der Waals surface area contributed by atoms with Crippen LogP contribution in [0.2, 0.25) is 0 Å². The van der Waals surface area contributed by atoms with E-state index in [4.69, 9.17) is 33.2 Å². The molecule has 0 bridgehead atoms. The average Bonchev–Trinajstić information content (AvgIpc) is 1.26. The van der Waals surface area contributed by atoms with Crippen LogP contribution < -0.4 is 16.0 Å². The number of cyclic esters (lactones) is 1. The number of hydrogen-bond acceptors (Lipinski definition) is 18. The zero-order chi connectivity index (χ0) is 62.6. The third kappa shape index (κ3) is 12.2. The van der Waals surface area contributed by atoms with Gasteiger partial charge in [0.15, 0.2) is 24.0 Å². The number of hydrogen-bond donors (Lipinski definition) is 8. The van der Waals surface area contributed by atoms with Crippen LogP contribution in [-0.2, 0) is 52.3 Å². The van der Waals surface area contributed by atoms with E-state index in [-0.39, 0.29) is 87.4 Å². The van der Waals surface area contributed by atoms with Gasteiger partial charge in [0.1, 0.15) is 35.1 Å². The van der Waals surface area contributed by atoms with Crippen molar-refractivity contribution in [1.82, 2.24) is 20.9 Å². The summed E-state index contributed by atoms with van der Waals surface area (Å²) in [6, 6.07) is -1.32. The Hall–Kier alpha value is -3.03. The van der Waals surface area contributed by atoms with E-state index in [1.807, 2.05) is 52.6 Å². The lowest BCUT2D eigenvalue weighted by Crippen LogP contribution is -2.70. The number of nitrogens with zero attached hydrogens (tertiary/aromatic N) is 1. The van der Waals surface area contributed by atoms with Crippen LogP contribution in [0.1, 0.15) is 148 Å². The van der Waals surface area contributed by atoms with Crippen LogP contribution in [0.3, 0.4) is 0 Å². The third-order valence-corrected chi connectivity index (χ3v) is 22.3. The Morgan fingerprint density at radius 1 is 0.893 bits per heavy atom. The van der Waals surface area contributed by atoms with E-state index in [2.05, 4.69) is 16.0 Å². The minimum atomic E-state index is -2.02. The van der Waals surface area contributed by atoms with Crippen molar-refractivity contribution in [3.05, 3.63) is 23.8 Å². The number of carbonyl (C=O) groups excluding carboxylic acids is 4. The molecule has 2 saturated carbocycles. The Morgan fingerprint density at radius 3 is 2.20 bits per heavy atom. The number of rotatable bonds is 15. The molecule has 26 atom stereocenters. The summed E-state index contributed by atoms with van der Waals surface area (Å²) in [5.41, 5.74) is -9.53. The van der Waals surface area contributed by atoms with Gasteiger partial charge in [0.25, 0.3) is 0 Å². The fraction of sp³-hybridized carbons (Fsp3) is 0.873. The normalized spacial score (nSPS) is 48.6. The number of likely N-dealkylation sites (N-methyl/N-ethyl adjacent to an activating group) is 1. The van der Waals surface area contributed by atoms with Crippen LogP contribution in [-0.4, -0.2) is 203 Å². The molecule has 480 valence electrons. The van der Waals surface area contributed by atoms with Gasteiger partial charge >= 0.3 is 5.97 Å². The molecule has 0 aromatic rings. The molecule has 2 unspecified atom stereocenters. The molecule has 21 heteroatoms. The molecule has 0 spiro atoms. The van der Waals surface area contributed by atoms with Crippen LogP contribution >= 0.6 is 0 Å². The van der Waals surface area contributed by atoms with Crippen molar-refractivity contribution in [3.63, 3.8) is 0 Å². The van der Waals surface area contributed by atoms with E-state index in [1.165, 1.54) is 27.2 Å². The van der Waals surface area contributed by atoms with E-state index in [0.717, 1.165) is 0 Å². The summed E-state index contributed by atoms with van der Waals surface area (Å²) in [4.78, 5) is 57.5. The number of halogens is 1. The van der Waals surface area contributed by atoms with Crippen LogP contribution in [0.5, 0.6) is 0 Å². The maximum atomic E-state index is 17.8. The van der Waals surface area contributed by atoms with Gasteiger partial charge in [-0.25, -0.2) is 4.39 Å². The second-order valence-corrected chi connectivity index (χ2v) is 27.7. The summed E-state index contributed by atoms with van der Waals surface area (Å²) in [5.74, 6) is -5.55. The SMILES string of the molecule is CC[C@H]1OC(=O)[C@H](C)[C@@H](O[C@H]2C[C@@](C)(OC)[C@](O)(CNCCNC(=O)[C@H]3[C@H](C)CC4C5CC=C6CC(=O)C=C[C@]6(C)[C@@]5(F)[C@@H](O)C[C@@]43C)[C@H](C)O2)[C@H](C)[C@@H](O[C@@H]2O[C@H](C)C[C@H](N(C)CC)[C@H]2O)[C@](C)(OC)C[C@@H](C)C(=O)N[C@H](C)[C@@H](O)[C@]1(C)O. The molecule has 8 N–H and O–H groups in total. The first-order valence-electron chi connectivity index (χ1n) is 31.1. The zero-order valence-corrected chi connectivity index (χ0v) is 53.2. The molecule has 5 fully saturated rings. The molecule has 0 aromatic carbocycles. The summed E-state index contributed by atoms with van der Waals surface area (Å²) in [6.45, 7) is 25.8. The van der Waals surface area contributed by atoms with Gasteiger partial charge in [-0.3, -0.25) is 19.2 Å². The lowest BCUT2D eigenvalue weighted by Gasteiger charge is -2.61. The van der Waals surface area contributed by atoms with Gasteiger partial charge < -0.3 is 79.5 Å². The highest BCUT2D eigenvalue weighted by Crippen LogP contribution is 2.69. The number of aliphatic hydroxyl groups is 5. The molecule has 3 saturated heterocycles. The first kappa shape index (κ1) is 68.5. The summed E-state index contributed by atoms with van der Waals surface area (Å²) in [6.07, 6.45) is -4.24. The number of allylic oxidation sites excluding steroid dienone is 4. The quantitative estimate of drug-likeness (QED) is 0.0640. The Labute approximate surface area is 498 Å². The molecule has 20 nitrogen and oxygen atoms in total. The van der Waals surface area contributed by atoms with E-state index >= 15 is 4.39 Å². The first-order chi connectivity index (χ1) is 39.1. The van der Waals surface area contributed by atoms with Crippen molar-refractivity contribution in [2.24, 2.45) is 52.3 Å². The van der Waals surface area contributed by atoms with Gasteiger partial charge in [-0.05, 0) is 131 Å². The number of methoxy groups -OCH3 is 2. The predicted octanol–water partition coefficient (Wildman–Crippen LogP) is 4.44. The maximum absolute atomic E-state index is 17.8. The van der Waals surface area contributed by atoms with Crippen LogP contribution in [0.15, 0.2) is 23.8 Å². The first-order valence-corrected chi connectivity index (χ1v) is 31.1. The monoisotopic (exact) mass is 1190 g/mol. The Kier molecular flexibility index (Phi) is 21.0. The molecule has 3 heterocycles. The van der Waals surface area contributed by atoms with Gasteiger partial charge in [-0.1, -0.05) is 59.3 Å². The molecule has 84 heavy (non-hydrogen) atoms. The standard InChI is InChI=1S/C63H105FN4O16/c1-18-46-61(14,76)51(72)38(8)67-53(73)34(4)29-59(12,78-16)52(84-56-49(71)44(68(15)19-2)27-35(5)80-56)36(6)50(37(7)55(75)82-46)83-47-31-60(13,79-17)62(77,39(9)81-47)32-65-24-25-66-54(74)48-33(3)26-43-42-21-20-40-28-41(69)22-23-58(40,11)63(42,64)45(70)30-57(43,48)10/h20,22-23,33-39,42-52,56,65,70-72,76-77H,18-19,21,24-32H2,1-17H3,(H,66,74)(H,67,73)/t33-,34-,35-,36+,37-,38-,39+,42?,43?,44+,45+,46-,47+,48-,49-,50+,51-,52-,56+,57+,58+,59-,60-,61-,62+,63+/m1/s1. The van der Waals surface area contributed by atoms with Crippen LogP contribution in [0.25, 0.3) is 0 Å². The molecular formula is C63H105FN4O16. The van der Waals surface area contributed by atoms with Gasteiger partial charge in [-0.15, -0.1) is 0 Å². The van der Waals surface area contributed by atoms with E-state index in [1.54, 1.807) is 61.5 Å². The topological polar surface area (TPSA) is 273 Å². The second kappa shape index (κ2) is 25.8. The van der Waals surface area contributed by atoms with Crippen LogP contribution in [0, 0.1) is 52.3 Å². The number of ketones is 1. The molecule has 0 aromatic heterocycles. The van der Waals surface area contributed by atoms with Crippen molar-refractivity contribution in [3.8, 4) is 0 Å². The van der Waals surface area contributed by atoms with Crippen molar-refractivity contribution >= 4 is 23.6 Å². The lowest BCUT2D eigenvalue weighted by molar-refractivity contribution is -0.337. The van der Waals surface area contributed by atoms with Gasteiger partial charge in [0, 0.05) is 81.8 Å². The fourth-order valence-electron chi connectivity index (χ4n) is 16.7. The summed E-state index contributed by atoms with van der Waals surface area (Å²) >= 11 is 0. The van der Waals surface area contributed by atoms with E-state index in [9.17, 15) is 44.7 Å².